The number of carbonyl (C=O) groups is 2. The lowest BCUT2D eigenvalue weighted by atomic mass is 9.78. The summed E-state index contributed by atoms with van der Waals surface area (Å²) in [5.41, 5.74) is -0.111. The van der Waals surface area contributed by atoms with Crippen LogP contribution in [0, 0.1) is 23.5 Å². The van der Waals surface area contributed by atoms with Gasteiger partial charge in [-0.05, 0) is 37.8 Å². The van der Waals surface area contributed by atoms with Gasteiger partial charge in [0.25, 0.3) is 0 Å². The Kier molecular flexibility index (Phi) is 3.93. The molecule has 1 aromatic rings. The van der Waals surface area contributed by atoms with Crippen molar-refractivity contribution in [3.05, 3.63) is 35.4 Å². The highest BCUT2D eigenvalue weighted by Crippen LogP contribution is 2.31. The molecule has 1 N–H and O–H groups in total. The molecule has 1 aromatic carbocycles. The zero-order chi connectivity index (χ0) is 14.0. The van der Waals surface area contributed by atoms with Gasteiger partial charge in [0, 0.05) is 12.0 Å². The van der Waals surface area contributed by atoms with E-state index in [2.05, 4.69) is 0 Å². The molecule has 0 atom stereocenters. The lowest BCUT2D eigenvalue weighted by Crippen LogP contribution is -2.26. The molecule has 102 valence electrons. The standard InChI is InChI=1S/C14H14F2O3/c15-10-5-6-11(12(16)7-10)13(17)8-1-3-9(4-2-8)14(18)19/h5-9H,1-4H2,(H,18,19). The molecule has 1 saturated carbocycles. The maximum absolute atomic E-state index is 13.5. The second kappa shape index (κ2) is 5.47. The summed E-state index contributed by atoms with van der Waals surface area (Å²) in [5, 5.41) is 8.87. The summed E-state index contributed by atoms with van der Waals surface area (Å²) in [6.07, 6.45) is 1.72. The molecule has 5 heteroatoms. The number of hydrogen-bond donors (Lipinski definition) is 1. The topological polar surface area (TPSA) is 54.4 Å². The quantitative estimate of drug-likeness (QED) is 0.857. The number of carboxylic acids is 1. The Morgan fingerprint density at radius 3 is 2.16 bits per heavy atom. The molecule has 0 saturated heterocycles. The molecular weight excluding hydrogens is 254 g/mol. The SMILES string of the molecule is O=C(O)C1CCC(C(=O)c2ccc(F)cc2F)CC1. The normalized spacial score (nSPS) is 23.1. The van der Waals surface area contributed by atoms with Crippen LogP contribution in [0.4, 0.5) is 8.78 Å². The van der Waals surface area contributed by atoms with Crippen LogP contribution in [-0.2, 0) is 4.79 Å². The van der Waals surface area contributed by atoms with Crippen LogP contribution in [0.2, 0.25) is 0 Å². The fourth-order valence-corrected chi connectivity index (χ4v) is 2.51. The molecule has 0 unspecified atom stereocenters. The van der Waals surface area contributed by atoms with Crippen LogP contribution < -0.4 is 0 Å². The average molecular weight is 268 g/mol. The van der Waals surface area contributed by atoms with Crippen molar-refractivity contribution in [2.75, 3.05) is 0 Å². The van der Waals surface area contributed by atoms with Crippen molar-refractivity contribution in [2.24, 2.45) is 11.8 Å². The first-order valence-corrected chi connectivity index (χ1v) is 6.21. The number of halogens is 2. The van der Waals surface area contributed by atoms with Crippen molar-refractivity contribution in [2.45, 2.75) is 25.7 Å². The molecule has 19 heavy (non-hydrogen) atoms. The Bertz CT molecular complexity index is 505. The second-order valence-corrected chi connectivity index (χ2v) is 4.88. The van der Waals surface area contributed by atoms with E-state index in [1.807, 2.05) is 0 Å². The largest absolute Gasteiger partial charge is 0.481 e. The summed E-state index contributed by atoms with van der Waals surface area (Å²) in [6.45, 7) is 0. The van der Waals surface area contributed by atoms with E-state index < -0.39 is 23.5 Å². The Balaban J connectivity index is 2.07. The predicted octanol–water partition coefficient (Wildman–Crippen LogP) is 3.04. The van der Waals surface area contributed by atoms with E-state index in [1.54, 1.807) is 0 Å². The number of benzene rings is 1. The van der Waals surface area contributed by atoms with E-state index >= 15 is 0 Å². The minimum absolute atomic E-state index is 0.111. The zero-order valence-electron chi connectivity index (χ0n) is 10.2. The molecule has 0 bridgehead atoms. The average Bonchev–Trinajstić information content (AvgIpc) is 2.38. The van der Waals surface area contributed by atoms with Gasteiger partial charge in [0.2, 0.25) is 0 Å². The fraction of sp³-hybridized carbons (Fsp3) is 0.429. The number of Topliss-reactive ketones (excluding diaryl/α,β-unsaturated/α-hetero) is 1. The van der Waals surface area contributed by atoms with E-state index in [1.165, 1.54) is 0 Å². The summed E-state index contributed by atoms with van der Waals surface area (Å²) >= 11 is 0. The monoisotopic (exact) mass is 268 g/mol. The lowest BCUT2D eigenvalue weighted by Gasteiger charge is -2.25. The summed E-state index contributed by atoms with van der Waals surface area (Å²) in [6, 6.07) is 2.89. The number of ketones is 1. The highest BCUT2D eigenvalue weighted by Gasteiger charge is 2.31. The molecule has 3 nitrogen and oxygen atoms in total. The van der Waals surface area contributed by atoms with Gasteiger partial charge in [0.1, 0.15) is 11.6 Å². The van der Waals surface area contributed by atoms with Gasteiger partial charge in [-0.2, -0.15) is 0 Å². The Morgan fingerprint density at radius 1 is 1.05 bits per heavy atom. The molecular formula is C14H14F2O3. The Hall–Kier alpha value is -1.78. The number of rotatable bonds is 3. The minimum atomic E-state index is -0.856. The molecule has 0 amide bonds. The van der Waals surface area contributed by atoms with Crippen molar-refractivity contribution >= 4 is 11.8 Å². The first-order chi connectivity index (χ1) is 8.99. The van der Waals surface area contributed by atoms with Crippen LogP contribution in [0.1, 0.15) is 36.0 Å². The summed E-state index contributed by atoms with van der Waals surface area (Å²) in [5.74, 6) is -3.56. The van der Waals surface area contributed by atoms with E-state index in [9.17, 15) is 18.4 Å². The first-order valence-electron chi connectivity index (χ1n) is 6.21. The van der Waals surface area contributed by atoms with Crippen LogP contribution in [0.3, 0.4) is 0 Å². The van der Waals surface area contributed by atoms with E-state index in [4.69, 9.17) is 5.11 Å². The van der Waals surface area contributed by atoms with Crippen molar-refractivity contribution in [1.82, 2.24) is 0 Å². The first kappa shape index (κ1) is 13.6. The summed E-state index contributed by atoms with van der Waals surface area (Å²) in [7, 11) is 0. The molecule has 1 aliphatic rings. The fourth-order valence-electron chi connectivity index (χ4n) is 2.51. The Labute approximate surface area is 109 Å². The van der Waals surface area contributed by atoms with Gasteiger partial charge in [-0.3, -0.25) is 9.59 Å². The van der Waals surface area contributed by atoms with Gasteiger partial charge < -0.3 is 5.11 Å². The van der Waals surface area contributed by atoms with Gasteiger partial charge in [0.15, 0.2) is 5.78 Å². The van der Waals surface area contributed by atoms with Crippen LogP contribution >= 0.6 is 0 Å². The van der Waals surface area contributed by atoms with Gasteiger partial charge in [-0.15, -0.1) is 0 Å². The van der Waals surface area contributed by atoms with Gasteiger partial charge in [-0.1, -0.05) is 0 Å². The van der Waals surface area contributed by atoms with Crippen molar-refractivity contribution in [3.63, 3.8) is 0 Å². The smallest absolute Gasteiger partial charge is 0.306 e. The minimum Gasteiger partial charge on any atom is -0.481 e. The third-order valence-electron chi connectivity index (χ3n) is 3.64. The van der Waals surface area contributed by atoms with Crippen LogP contribution in [0.15, 0.2) is 18.2 Å². The molecule has 1 aliphatic carbocycles. The van der Waals surface area contributed by atoms with Gasteiger partial charge in [0.05, 0.1) is 11.5 Å². The Morgan fingerprint density at radius 2 is 1.63 bits per heavy atom. The molecule has 0 aliphatic heterocycles. The molecule has 0 aromatic heterocycles. The van der Waals surface area contributed by atoms with Crippen molar-refractivity contribution in [1.29, 1.82) is 0 Å². The molecule has 0 spiro atoms. The van der Waals surface area contributed by atoms with Gasteiger partial charge >= 0.3 is 5.97 Å². The predicted molar refractivity (Wildman–Crippen MR) is 63.8 cm³/mol. The molecule has 0 heterocycles. The molecule has 0 radical (unpaired) electrons. The van der Waals surface area contributed by atoms with Crippen LogP contribution in [0.25, 0.3) is 0 Å². The summed E-state index contributed by atoms with van der Waals surface area (Å²) < 4.78 is 26.3. The number of carboxylic acid groups (broad SMARTS) is 1. The van der Waals surface area contributed by atoms with Crippen LogP contribution in [0.5, 0.6) is 0 Å². The van der Waals surface area contributed by atoms with E-state index in [-0.39, 0.29) is 17.3 Å². The van der Waals surface area contributed by atoms with E-state index in [0.29, 0.717) is 31.7 Å². The molecule has 1 fully saturated rings. The number of aliphatic carboxylic acids is 1. The maximum Gasteiger partial charge on any atom is 0.306 e. The van der Waals surface area contributed by atoms with Crippen LogP contribution in [-0.4, -0.2) is 16.9 Å². The number of carbonyl (C=O) groups excluding carboxylic acids is 1. The van der Waals surface area contributed by atoms with Crippen molar-refractivity contribution < 1.29 is 23.5 Å². The lowest BCUT2D eigenvalue weighted by molar-refractivity contribution is -0.143. The highest BCUT2D eigenvalue weighted by molar-refractivity contribution is 5.98. The third kappa shape index (κ3) is 2.97. The van der Waals surface area contributed by atoms with Gasteiger partial charge in [-0.25, -0.2) is 8.78 Å². The molecule has 2 rings (SSSR count). The maximum atomic E-state index is 13.5. The highest BCUT2D eigenvalue weighted by atomic mass is 19.1. The zero-order valence-corrected chi connectivity index (χ0v) is 10.2. The van der Waals surface area contributed by atoms with E-state index in [0.717, 1.165) is 12.1 Å². The second-order valence-electron chi connectivity index (χ2n) is 4.88. The number of hydrogen-bond acceptors (Lipinski definition) is 2. The summed E-state index contributed by atoms with van der Waals surface area (Å²) in [4.78, 5) is 22.9. The van der Waals surface area contributed by atoms with Crippen molar-refractivity contribution in [3.8, 4) is 0 Å². The third-order valence-corrected chi connectivity index (χ3v) is 3.64.